The highest BCUT2D eigenvalue weighted by Gasteiger charge is 2.28. The number of phosphoric acid groups is 1. The van der Waals surface area contributed by atoms with Gasteiger partial charge < -0.3 is 19.8 Å². The SMILES string of the molecule is CCCCCCCCCC/C=C\CCCCCCCCCCCCCCCCCCCCCCCC(=O)NC(COP(=O)(O)OCC[N+](C)(C)C)C(O)/C=C/CCCCCCCCCCCCCCCCCCCC. The van der Waals surface area contributed by atoms with E-state index in [-0.39, 0.29) is 19.1 Å². The number of nitrogens with one attached hydrogen (secondary N) is 1. The molecule has 3 atom stereocenters. The highest BCUT2D eigenvalue weighted by molar-refractivity contribution is 7.47. The van der Waals surface area contributed by atoms with E-state index in [0.29, 0.717) is 17.4 Å². The van der Waals surface area contributed by atoms with E-state index < -0.39 is 20.0 Å². The Morgan fingerprint density at radius 3 is 1.03 bits per heavy atom. The van der Waals surface area contributed by atoms with Crippen LogP contribution < -0.4 is 5.32 Å². The van der Waals surface area contributed by atoms with Crippen LogP contribution in [0.4, 0.5) is 0 Å². The Bertz CT molecular complexity index is 1270. The summed E-state index contributed by atoms with van der Waals surface area (Å²) in [5.74, 6) is -0.169. The van der Waals surface area contributed by atoms with Gasteiger partial charge in [-0.1, -0.05) is 314 Å². The Hall–Kier alpha value is -1.02. The molecule has 9 heteroatoms. The number of quaternary nitrogens is 1. The molecule has 0 aromatic carbocycles. The van der Waals surface area contributed by atoms with E-state index in [1.165, 1.54) is 289 Å². The number of likely N-dealkylation sites (N-methyl/N-ethyl adjacent to an activating group) is 1. The van der Waals surface area contributed by atoms with Crippen molar-refractivity contribution in [3.63, 3.8) is 0 Å². The Kier molecular flexibility index (Phi) is 56.9. The molecule has 0 aliphatic carbocycles. The van der Waals surface area contributed by atoms with Crippen LogP contribution in [0, 0.1) is 0 Å². The highest BCUT2D eigenvalue weighted by Crippen LogP contribution is 2.43. The summed E-state index contributed by atoms with van der Waals surface area (Å²) in [4.78, 5) is 23.4. The number of hydrogen-bond donors (Lipinski definition) is 3. The molecular weight excluding hydrogens is 948 g/mol. The third-order valence-electron chi connectivity index (χ3n) is 15.4. The van der Waals surface area contributed by atoms with Gasteiger partial charge in [0, 0.05) is 6.42 Å². The van der Waals surface area contributed by atoms with Crippen LogP contribution in [0.15, 0.2) is 24.3 Å². The first-order valence-electron chi connectivity index (χ1n) is 33.2. The second-order valence-electron chi connectivity index (χ2n) is 24.2. The summed E-state index contributed by atoms with van der Waals surface area (Å²) in [6, 6.07) is -0.844. The molecule has 0 saturated heterocycles. The van der Waals surface area contributed by atoms with Crippen molar-refractivity contribution < 1.29 is 32.9 Å². The molecule has 0 radical (unpaired) electrons. The number of carbonyl (C=O) groups is 1. The molecule has 1 amide bonds. The van der Waals surface area contributed by atoms with E-state index in [0.717, 1.165) is 32.1 Å². The topological polar surface area (TPSA) is 105 Å². The molecule has 3 N–H and O–H groups in total. The van der Waals surface area contributed by atoms with Gasteiger partial charge in [-0.15, -0.1) is 0 Å². The van der Waals surface area contributed by atoms with Gasteiger partial charge in [0.05, 0.1) is 39.9 Å². The molecule has 0 aromatic heterocycles. The maximum atomic E-state index is 13.0. The quantitative estimate of drug-likeness (QED) is 0.0243. The third kappa shape index (κ3) is 60.5. The molecule has 0 spiro atoms. The lowest BCUT2D eigenvalue weighted by atomic mass is 10.0. The molecule has 0 saturated carbocycles. The molecule has 3 unspecified atom stereocenters. The average Bonchev–Trinajstić information content (AvgIpc) is 3.37. The smallest absolute Gasteiger partial charge is 0.387 e. The lowest BCUT2D eigenvalue weighted by Gasteiger charge is -2.25. The van der Waals surface area contributed by atoms with Crippen LogP contribution in [-0.2, 0) is 18.4 Å². The maximum Gasteiger partial charge on any atom is 0.472 e. The highest BCUT2D eigenvalue weighted by atomic mass is 31.2. The average molecular weight is 1080 g/mol. The summed E-state index contributed by atoms with van der Waals surface area (Å²) >= 11 is 0. The fourth-order valence-corrected chi connectivity index (χ4v) is 11.0. The first-order valence-corrected chi connectivity index (χ1v) is 34.7. The minimum absolute atomic E-state index is 0.0644. The van der Waals surface area contributed by atoms with Crippen molar-refractivity contribution >= 4 is 13.7 Å². The number of rotatable bonds is 62. The number of unbranched alkanes of at least 4 members (excludes halogenated alkanes) is 47. The van der Waals surface area contributed by atoms with Crippen molar-refractivity contribution in [2.45, 2.75) is 353 Å². The number of aliphatic hydroxyl groups excluding tert-OH is 1. The summed E-state index contributed by atoms with van der Waals surface area (Å²) in [5.41, 5.74) is 0. The van der Waals surface area contributed by atoms with E-state index in [1.807, 2.05) is 27.2 Å². The Balaban J connectivity index is 4.01. The third-order valence-corrected chi connectivity index (χ3v) is 16.4. The molecule has 0 aromatic rings. The monoisotopic (exact) mass is 1080 g/mol. The normalized spacial score (nSPS) is 13.9. The van der Waals surface area contributed by atoms with E-state index in [1.54, 1.807) is 6.08 Å². The van der Waals surface area contributed by atoms with Gasteiger partial charge in [-0.25, -0.2) is 4.57 Å². The van der Waals surface area contributed by atoms with Crippen molar-refractivity contribution in [1.29, 1.82) is 0 Å². The molecule has 0 rings (SSSR count). The number of nitrogens with zero attached hydrogens (tertiary/aromatic N) is 1. The lowest BCUT2D eigenvalue weighted by Crippen LogP contribution is -2.45. The maximum absolute atomic E-state index is 13.0. The standard InChI is InChI=1S/C66H131N2O6P/c1-6-8-10-12-14-16-18-20-22-24-26-28-29-30-31-32-33-34-35-36-37-38-39-40-42-44-46-48-50-52-54-56-58-60-66(70)67-64(63-74-75(71,72)73-62-61-68(3,4)5)65(69)59-57-55-53-51-49-47-45-43-41-27-25-23-21-19-17-15-13-11-9-7-2/h24,26,57,59,64-65,69H,6-23,25,27-56,58,60-63H2,1-5H3,(H-,67,70,71,72)/p+1/b26-24-,59-57+. The molecule has 0 heterocycles. The fourth-order valence-electron chi connectivity index (χ4n) is 10.2. The van der Waals surface area contributed by atoms with Crippen molar-refractivity contribution in [1.82, 2.24) is 5.32 Å². The van der Waals surface area contributed by atoms with Crippen LogP contribution in [0.5, 0.6) is 0 Å². The molecule has 0 fully saturated rings. The van der Waals surface area contributed by atoms with E-state index in [2.05, 4.69) is 31.3 Å². The van der Waals surface area contributed by atoms with Crippen LogP contribution in [0.25, 0.3) is 0 Å². The predicted octanol–water partition coefficient (Wildman–Crippen LogP) is 20.7. The van der Waals surface area contributed by atoms with Crippen LogP contribution in [0.2, 0.25) is 0 Å². The molecule has 446 valence electrons. The summed E-state index contributed by atoms with van der Waals surface area (Å²) in [6.45, 7) is 4.87. The van der Waals surface area contributed by atoms with Crippen LogP contribution in [0.1, 0.15) is 341 Å². The van der Waals surface area contributed by atoms with Crippen LogP contribution in [0.3, 0.4) is 0 Å². The van der Waals surface area contributed by atoms with Gasteiger partial charge in [0.25, 0.3) is 0 Å². The van der Waals surface area contributed by atoms with E-state index >= 15 is 0 Å². The number of hydrogen-bond acceptors (Lipinski definition) is 5. The Morgan fingerprint density at radius 2 is 0.720 bits per heavy atom. The van der Waals surface area contributed by atoms with Crippen molar-refractivity contribution in [3.8, 4) is 0 Å². The number of allylic oxidation sites excluding steroid dienone is 3. The number of aliphatic hydroxyl groups is 1. The van der Waals surface area contributed by atoms with Gasteiger partial charge in [0.1, 0.15) is 13.2 Å². The summed E-state index contributed by atoms with van der Waals surface area (Å²) in [7, 11) is 1.59. The van der Waals surface area contributed by atoms with Gasteiger partial charge in [0.15, 0.2) is 0 Å². The van der Waals surface area contributed by atoms with Crippen molar-refractivity contribution in [2.75, 3.05) is 40.9 Å². The molecular formula is C66H132N2O6P+. The number of carbonyl (C=O) groups excluding carboxylic acids is 1. The zero-order chi connectivity index (χ0) is 54.9. The number of amides is 1. The largest absolute Gasteiger partial charge is 0.472 e. The fraction of sp³-hybridized carbons (Fsp3) is 0.924. The molecule has 0 aliphatic rings. The minimum atomic E-state index is -4.35. The van der Waals surface area contributed by atoms with Gasteiger partial charge in [0.2, 0.25) is 5.91 Å². The van der Waals surface area contributed by atoms with Crippen LogP contribution >= 0.6 is 7.82 Å². The lowest BCUT2D eigenvalue weighted by molar-refractivity contribution is -0.870. The molecule has 8 nitrogen and oxygen atoms in total. The first kappa shape index (κ1) is 74.0. The predicted molar refractivity (Wildman–Crippen MR) is 328 cm³/mol. The summed E-state index contributed by atoms with van der Waals surface area (Å²) in [6.07, 6.45) is 74.6. The van der Waals surface area contributed by atoms with Gasteiger partial charge in [-0.05, 0) is 44.9 Å². The van der Waals surface area contributed by atoms with Crippen LogP contribution in [-0.4, -0.2) is 73.4 Å². The Labute approximate surface area is 468 Å². The second kappa shape index (κ2) is 57.7. The number of phosphoric ester groups is 1. The first-order chi connectivity index (χ1) is 36.5. The van der Waals surface area contributed by atoms with Crippen molar-refractivity contribution in [3.05, 3.63) is 24.3 Å². The van der Waals surface area contributed by atoms with E-state index in [9.17, 15) is 19.4 Å². The Morgan fingerprint density at radius 1 is 0.440 bits per heavy atom. The van der Waals surface area contributed by atoms with Gasteiger partial charge >= 0.3 is 7.82 Å². The summed E-state index contributed by atoms with van der Waals surface area (Å²) < 4.78 is 23.8. The van der Waals surface area contributed by atoms with Gasteiger partial charge in [-0.2, -0.15) is 0 Å². The van der Waals surface area contributed by atoms with E-state index in [4.69, 9.17) is 9.05 Å². The molecule has 75 heavy (non-hydrogen) atoms. The molecule has 0 aliphatic heterocycles. The van der Waals surface area contributed by atoms with Crippen molar-refractivity contribution in [2.24, 2.45) is 0 Å². The molecule has 0 bridgehead atoms. The minimum Gasteiger partial charge on any atom is -0.387 e. The zero-order valence-electron chi connectivity index (χ0n) is 51.1. The second-order valence-corrected chi connectivity index (χ2v) is 25.7. The zero-order valence-corrected chi connectivity index (χ0v) is 52.0. The summed E-state index contributed by atoms with van der Waals surface area (Å²) in [5, 5.41) is 14.0. The van der Waals surface area contributed by atoms with Gasteiger partial charge in [-0.3, -0.25) is 13.8 Å².